The molecule has 0 atom stereocenters. The van der Waals surface area contributed by atoms with Gasteiger partial charge in [0.25, 0.3) is 5.91 Å². The van der Waals surface area contributed by atoms with E-state index in [-0.39, 0.29) is 5.91 Å². The number of pyridine rings is 1. The lowest BCUT2D eigenvalue weighted by molar-refractivity contribution is 0.0697. The van der Waals surface area contributed by atoms with Gasteiger partial charge in [-0.2, -0.15) is 0 Å². The predicted octanol–water partition coefficient (Wildman–Crippen LogP) is 2.00. The first kappa shape index (κ1) is 11.9. The monoisotopic (exact) mass is 233 g/mol. The van der Waals surface area contributed by atoms with Crippen LogP contribution in [-0.4, -0.2) is 35.9 Å². The summed E-state index contributed by atoms with van der Waals surface area (Å²) in [6, 6.07) is 3.58. The third-order valence-electron chi connectivity index (χ3n) is 3.33. The summed E-state index contributed by atoms with van der Waals surface area (Å²) < 4.78 is 0. The second kappa shape index (κ2) is 5.17. The van der Waals surface area contributed by atoms with Crippen molar-refractivity contribution in [3.63, 3.8) is 0 Å². The summed E-state index contributed by atoms with van der Waals surface area (Å²) in [5, 5.41) is 2.95. The van der Waals surface area contributed by atoms with Crippen LogP contribution in [0.4, 0.5) is 5.82 Å². The molecule has 1 fully saturated rings. The quantitative estimate of drug-likeness (QED) is 0.849. The van der Waals surface area contributed by atoms with E-state index in [1.165, 1.54) is 0 Å². The highest BCUT2D eigenvalue weighted by atomic mass is 16.2. The summed E-state index contributed by atoms with van der Waals surface area (Å²) in [7, 11) is 1.80. The Morgan fingerprint density at radius 1 is 1.47 bits per heavy atom. The lowest BCUT2D eigenvalue weighted by atomic mass is 9.99. The molecule has 92 valence electrons. The summed E-state index contributed by atoms with van der Waals surface area (Å²) in [6.45, 7) is 3.99. The van der Waals surface area contributed by atoms with Gasteiger partial charge in [0.05, 0.1) is 0 Å². The molecule has 17 heavy (non-hydrogen) atoms. The van der Waals surface area contributed by atoms with Gasteiger partial charge < -0.3 is 10.2 Å². The molecule has 1 aromatic heterocycles. The smallest absolute Gasteiger partial charge is 0.254 e. The van der Waals surface area contributed by atoms with Crippen LogP contribution in [0.15, 0.2) is 18.3 Å². The van der Waals surface area contributed by atoms with Gasteiger partial charge in [0, 0.05) is 31.9 Å². The Morgan fingerprint density at radius 2 is 2.18 bits per heavy atom. The number of rotatable bonds is 2. The molecule has 0 aliphatic carbocycles. The maximum absolute atomic E-state index is 12.2. The van der Waals surface area contributed by atoms with Crippen LogP contribution in [-0.2, 0) is 0 Å². The molecule has 1 aliphatic rings. The van der Waals surface area contributed by atoms with Gasteiger partial charge in [-0.05, 0) is 30.9 Å². The van der Waals surface area contributed by atoms with E-state index in [0.29, 0.717) is 0 Å². The molecule has 1 N–H and O–H groups in total. The molecule has 0 unspecified atom stereocenters. The Morgan fingerprint density at radius 3 is 2.82 bits per heavy atom. The minimum absolute atomic E-state index is 0.121. The molecule has 0 radical (unpaired) electrons. The molecule has 0 aromatic carbocycles. The van der Waals surface area contributed by atoms with E-state index >= 15 is 0 Å². The van der Waals surface area contributed by atoms with Crippen molar-refractivity contribution in [1.82, 2.24) is 9.88 Å². The Hall–Kier alpha value is -1.58. The van der Waals surface area contributed by atoms with Crippen molar-refractivity contribution < 1.29 is 4.79 Å². The van der Waals surface area contributed by atoms with Crippen molar-refractivity contribution >= 4 is 11.7 Å². The first-order valence-corrected chi connectivity index (χ1v) is 6.14. The van der Waals surface area contributed by atoms with Crippen LogP contribution in [0, 0.1) is 5.92 Å². The predicted molar refractivity (Wildman–Crippen MR) is 68.1 cm³/mol. The van der Waals surface area contributed by atoms with E-state index in [4.69, 9.17) is 0 Å². The molecule has 2 rings (SSSR count). The fraction of sp³-hybridized carbons (Fsp3) is 0.538. The maximum Gasteiger partial charge on any atom is 0.254 e. The Bertz CT molecular complexity index is 397. The van der Waals surface area contributed by atoms with Crippen molar-refractivity contribution in [2.45, 2.75) is 19.8 Å². The number of likely N-dealkylation sites (tertiary alicyclic amines) is 1. The van der Waals surface area contributed by atoms with E-state index in [9.17, 15) is 4.79 Å². The van der Waals surface area contributed by atoms with Crippen molar-refractivity contribution in [2.75, 3.05) is 25.5 Å². The second-order valence-corrected chi connectivity index (χ2v) is 4.65. The number of carbonyl (C=O) groups excluding carboxylic acids is 1. The molecule has 1 saturated heterocycles. The molecule has 0 bridgehead atoms. The van der Waals surface area contributed by atoms with E-state index in [0.717, 1.165) is 43.2 Å². The van der Waals surface area contributed by atoms with Gasteiger partial charge in [0.15, 0.2) is 0 Å². The van der Waals surface area contributed by atoms with Crippen molar-refractivity contribution in [1.29, 1.82) is 0 Å². The Balaban J connectivity index is 2.08. The van der Waals surface area contributed by atoms with Crippen LogP contribution in [0.1, 0.15) is 30.1 Å². The number of nitrogens with zero attached hydrogens (tertiary/aromatic N) is 2. The van der Waals surface area contributed by atoms with E-state index in [1.807, 2.05) is 4.90 Å². The van der Waals surface area contributed by atoms with E-state index in [1.54, 1.807) is 25.4 Å². The van der Waals surface area contributed by atoms with Crippen molar-refractivity contribution in [3.05, 3.63) is 23.9 Å². The number of carbonyl (C=O) groups is 1. The minimum Gasteiger partial charge on any atom is -0.373 e. The minimum atomic E-state index is 0.121. The normalized spacial score (nSPS) is 16.9. The fourth-order valence-electron chi connectivity index (χ4n) is 2.09. The molecule has 2 heterocycles. The average molecular weight is 233 g/mol. The van der Waals surface area contributed by atoms with Gasteiger partial charge in [0.1, 0.15) is 5.82 Å². The first-order valence-electron chi connectivity index (χ1n) is 6.14. The van der Waals surface area contributed by atoms with Gasteiger partial charge in [-0.3, -0.25) is 4.79 Å². The van der Waals surface area contributed by atoms with Gasteiger partial charge in [-0.15, -0.1) is 0 Å². The first-order chi connectivity index (χ1) is 8.20. The molecule has 0 saturated carbocycles. The number of amides is 1. The van der Waals surface area contributed by atoms with Gasteiger partial charge in [0.2, 0.25) is 0 Å². The highest BCUT2D eigenvalue weighted by molar-refractivity contribution is 5.94. The zero-order valence-electron chi connectivity index (χ0n) is 10.4. The standard InChI is InChI=1S/C13H19N3O/c1-10-4-7-16(8-5-10)13(17)11-3-6-15-12(9-11)14-2/h3,6,9-10H,4-5,7-8H2,1-2H3,(H,14,15). The zero-order valence-corrected chi connectivity index (χ0v) is 10.4. The summed E-state index contributed by atoms with van der Waals surface area (Å²) in [6.07, 6.45) is 3.89. The lowest BCUT2D eigenvalue weighted by Crippen LogP contribution is -2.37. The van der Waals surface area contributed by atoms with Crippen LogP contribution < -0.4 is 5.32 Å². The number of piperidine rings is 1. The Labute approximate surface area is 102 Å². The molecular formula is C13H19N3O. The van der Waals surface area contributed by atoms with Crippen LogP contribution in [0.5, 0.6) is 0 Å². The van der Waals surface area contributed by atoms with Crippen LogP contribution in [0.3, 0.4) is 0 Å². The third kappa shape index (κ3) is 2.75. The Kier molecular flexibility index (Phi) is 3.61. The van der Waals surface area contributed by atoms with Crippen LogP contribution in [0.25, 0.3) is 0 Å². The molecule has 4 nitrogen and oxygen atoms in total. The molecule has 0 spiro atoms. The van der Waals surface area contributed by atoms with Gasteiger partial charge >= 0.3 is 0 Å². The highest BCUT2D eigenvalue weighted by Gasteiger charge is 2.21. The summed E-state index contributed by atoms with van der Waals surface area (Å²) in [5.74, 6) is 1.60. The van der Waals surface area contributed by atoms with E-state index < -0.39 is 0 Å². The number of hydrogen-bond donors (Lipinski definition) is 1. The number of nitrogens with one attached hydrogen (secondary N) is 1. The summed E-state index contributed by atoms with van der Waals surface area (Å²) in [5.41, 5.74) is 0.721. The van der Waals surface area contributed by atoms with E-state index in [2.05, 4.69) is 17.2 Å². The number of anilines is 1. The fourth-order valence-corrected chi connectivity index (χ4v) is 2.09. The lowest BCUT2D eigenvalue weighted by Gasteiger charge is -2.30. The summed E-state index contributed by atoms with van der Waals surface area (Å²) in [4.78, 5) is 18.3. The molecule has 4 heteroatoms. The second-order valence-electron chi connectivity index (χ2n) is 4.65. The number of hydrogen-bond acceptors (Lipinski definition) is 3. The topological polar surface area (TPSA) is 45.2 Å². The van der Waals surface area contributed by atoms with Gasteiger partial charge in [-0.25, -0.2) is 4.98 Å². The molecule has 1 amide bonds. The highest BCUT2D eigenvalue weighted by Crippen LogP contribution is 2.18. The molecule has 1 aromatic rings. The largest absolute Gasteiger partial charge is 0.373 e. The van der Waals surface area contributed by atoms with Crippen molar-refractivity contribution in [2.24, 2.45) is 5.92 Å². The average Bonchev–Trinajstić information content (AvgIpc) is 2.39. The SMILES string of the molecule is CNc1cc(C(=O)N2CCC(C)CC2)ccn1. The van der Waals surface area contributed by atoms with Crippen LogP contribution >= 0.6 is 0 Å². The zero-order chi connectivity index (χ0) is 12.3. The maximum atomic E-state index is 12.2. The number of aromatic nitrogens is 1. The summed E-state index contributed by atoms with van der Waals surface area (Å²) >= 11 is 0. The third-order valence-corrected chi connectivity index (χ3v) is 3.33. The molecule has 1 aliphatic heterocycles. The molecular weight excluding hydrogens is 214 g/mol. The van der Waals surface area contributed by atoms with Gasteiger partial charge in [-0.1, -0.05) is 6.92 Å². The van der Waals surface area contributed by atoms with Crippen molar-refractivity contribution in [3.8, 4) is 0 Å². The van der Waals surface area contributed by atoms with Crippen LogP contribution in [0.2, 0.25) is 0 Å².